The predicted octanol–water partition coefficient (Wildman–Crippen LogP) is 0.207. The summed E-state index contributed by atoms with van der Waals surface area (Å²) in [6.45, 7) is 9.83. The number of piperazine rings is 1. The molecule has 2 aliphatic rings. The molecule has 2 fully saturated rings. The number of hydrogen-bond acceptors (Lipinski definition) is 5. The maximum atomic E-state index is 12.1. The van der Waals surface area contributed by atoms with Gasteiger partial charge in [0.15, 0.2) is 9.84 Å². The largest absolute Gasteiger partial charge is 0.336 e. The molecule has 3 heterocycles. The number of amides is 1. The van der Waals surface area contributed by atoms with Gasteiger partial charge in [-0.25, -0.2) is 8.42 Å². The summed E-state index contributed by atoms with van der Waals surface area (Å²) in [5.74, 6) is 0.153. The molecular formula is C16H24N4O3S. The van der Waals surface area contributed by atoms with Crippen LogP contribution < -0.4 is 0 Å². The number of sulfone groups is 1. The molecule has 2 atom stereocenters. The van der Waals surface area contributed by atoms with Crippen LogP contribution in [0.4, 0.5) is 0 Å². The summed E-state index contributed by atoms with van der Waals surface area (Å²) in [5, 5.41) is 4.36. The Morgan fingerprint density at radius 3 is 2.75 bits per heavy atom. The normalized spacial score (nSPS) is 26.3. The molecule has 8 heteroatoms. The minimum Gasteiger partial charge on any atom is -0.336 e. The smallest absolute Gasteiger partial charge is 0.219 e. The van der Waals surface area contributed by atoms with Crippen LogP contribution >= 0.6 is 0 Å². The van der Waals surface area contributed by atoms with E-state index in [-0.39, 0.29) is 29.5 Å². The van der Waals surface area contributed by atoms with Crippen LogP contribution in [0.15, 0.2) is 18.9 Å². The first-order valence-electron chi connectivity index (χ1n) is 8.16. The first-order valence-corrected chi connectivity index (χ1v) is 9.98. The third-order valence-electron chi connectivity index (χ3n) is 5.08. The summed E-state index contributed by atoms with van der Waals surface area (Å²) in [7, 11) is -3.10. The lowest BCUT2D eigenvalue weighted by molar-refractivity contribution is -0.134. The van der Waals surface area contributed by atoms with Gasteiger partial charge in [-0.2, -0.15) is 5.10 Å². The monoisotopic (exact) mass is 352 g/mol. The van der Waals surface area contributed by atoms with Gasteiger partial charge < -0.3 is 4.90 Å². The zero-order valence-electron chi connectivity index (χ0n) is 14.2. The third kappa shape index (κ3) is 3.12. The van der Waals surface area contributed by atoms with Crippen LogP contribution in [0.1, 0.15) is 18.2 Å². The van der Waals surface area contributed by atoms with Crippen molar-refractivity contribution < 1.29 is 13.2 Å². The second kappa shape index (κ2) is 6.33. The van der Waals surface area contributed by atoms with E-state index in [4.69, 9.17) is 0 Å². The maximum Gasteiger partial charge on any atom is 0.219 e. The zero-order chi connectivity index (χ0) is 17.5. The van der Waals surface area contributed by atoms with Crippen molar-refractivity contribution in [3.05, 3.63) is 30.1 Å². The van der Waals surface area contributed by atoms with Gasteiger partial charge in [-0.15, -0.1) is 6.58 Å². The second-order valence-corrected chi connectivity index (χ2v) is 8.77. The van der Waals surface area contributed by atoms with Crippen molar-refractivity contribution in [1.29, 1.82) is 0 Å². The molecule has 0 aromatic carbocycles. The van der Waals surface area contributed by atoms with Crippen molar-refractivity contribution in [2.45, 2.75) is 39.0 Å². The van der Waals surface area contributed by atoms with E-state index in [0.29, 0.717) is 26.2 Å². The summed E-state index contributed by atoms with van der Waals surface area (Å²) < 4.78 is 26.1. The molecule has 24 heavy (non-hydrogen) atoms. The molecule has 132 valence electrons. The van der Waals surface area contributed by atoms with Gasteiger partial charge in [-0.3, -0.25) is 14.4 Å². The minimum atomic E-state index is -3.10. The van der Waals surface area contributed by atoms with Crippen molar-refractivity contribution in [3.63, 3.8) is 0 Å². The van der Waals surface area contributed by atoms with Crippen LogP contribution in [-0.4, -0.2) is 70.6 Å². The van der Waals surface area contributed by atoms with Crippen molar-refractivity contribution >= 4 is 15.7 Å². The van der Waals surface area contributed by atoms with Gasteiger partial charge in [0.1, 0.15) is 0 Å². The van der Waals surface area contributed by atoms with Gasteiger partial charge in [-0.05, 0) is 6.92 Å². The molecule has 2 aliphatic heterocycles. The van der Waals surface area contributed by atoms with Gasteiger partial charge in [0, 0.05) is 43.9 Å². The number of carbonyl (C=O) groups excluding carboxylic acids is 1. The highest BCUT2D eigenvalue weighted by molar-refractivity contribution is 7.91. The van der Waals surface area contributed by atoms with Crippen molar-refractivity contribution in [1.82, 2.24) is 19.6 Å². The molecule has 1 aromatic heterocycles. The molecule has 2 saturated heterocycles. The van der Waals surface area contributed by atoms with Crippen molar-refractivity contribution in [3.8, 4) is 0 Å². The number of aromatic nitrogens is 2. The summed E-state index contributed by atoms with van der Waals surface area (Å²) in [6, 6.07) is -0.361. The van der Waals surface area contributed by atoms with E-state index in [0.717, 1.165) is 11.3 Å². The quantitative estimate of drug-likeness (QED) is 0.724. The first-order chi connectivity index (χ1) is 11.3. The number of hydrogen-bond donors (Lipinski definition) is 0. The van der Waals surface area contributed by atoms with Gasteiger partial charge in [0.25, 0.3) is 0 Å². The number of allylic oxidation sites excluding steroid dienone is 1. The van der Waals surface area contributed by atoms with E-state index in [2.05, 4.69) is 16.6 Å². The zero-order valence-corrected chi connectivity index (χ0v) is 15.0. The number of rotatable bonds is 4. The summed E-state index contributed by atoms with van der Waals surface area (Å²) in [5.41, 5.74) is 2.16. The third-order valence-corrected chi connectivity index (χ3v) is 6.77. The number of fused-ring (bicyclic) bond motifs is 1. The fourth-order valence-electron chi connectivity index (χ4n) is 3.78. The Balaban J connectivity index is 1.82. The maximum absolute atomic E-state index is 12.1. The summed E-state index contributed by atoms with van der Waals surface area (Å²) in [4.78, 5) is 15.7. The van der Waals surface area contributed by atoms with Crippen LogP contribution in [0.2, 0.25) is 0 Å². The van der Waals surface area contributed by atoms with Crippen LogP contribution in [0.5, 0.6) is 0 Å². The number of nitrogens with zero attached hydrogens (tertiary/aromatic N) is 4. The lowest BCUT2D eigenvalue weighted by Crippen LogP contribution is -2.59. The van der Waals surface area contributed by atoms with Gasteiger partial charge in [0.05, 0.1) is 30.3 Å². The van der Waals surface area contributed by atoms with Gasteiger partial charge in [0.2, 0.25) is 5.91 Å². The highest BCUT2D eigenvalue weighted by atomic mass is 32.2. The fraction of sp³-hybridized carbons (Fsp3) is 0.625. The standard InChI is InChI=1S/C16H24N4O3S/c1-4-5-20-12(2)14(8-17-20)9-18-6-7-19(13(3)21)16-11-24(22,23)10-15(16)18/h4,8,15-16H,1,5-7,9-11H2,2-3H3. The highest BCUT2D eigenvalue weighted by Crippen LogP contribution is 2.28. The predicted molar refractivity (Wildman–Crippen MR) is 91.2 cm³/mol. The Hall–Kier alpha value is -1.67. The lowest BCUT2D eigenvalue weighted by atomic mass is 10.0. The van der Waals surface area contributed by atoms with Crippen LogP contribution in [0.25, 0.3) is 0 Å². The minimum absolute atomic E-state index is 0.0447. The number of carbonyl (C=O) groups is 1. The molecule has 0 bridgehead atoms. The van der Waals surface area contributed by atoms with Crippen LogP contribution in [0.3, 0.4) is 0 Å². The molecule has 1 aromatic rings. The van der Waals surface area contributed by atoms with Gasteiger partial charge >= 0.3 is 0 Å². The SMILES string of the molecule is C=CCn1ncc(CN2CCN(C(C)=O)C3CS(=O)(=O)CC32)c1C. The van der Waals surface area contributed by atoms with E-state index >= 15 is 0 Å². The van der Waals surface area contributed by atoms with Crippen LogP contribution in [0, 0.1) is 6.92 Å². The van der Waals surface area contributed by atoms with E-state index < -0.39 is 9.84 Å². The molecule has 0 aliphatic carbocycles. The summed E-state index contributed by atoms with van der Waals surface area (Å²) in [6.07, 6.45) is 3.64. The molecule has 0 radical (unpaired) electrons. The molecule has 2 unspecified atom stereocenters. The molecule has 0 spiro atoms. The first kappa shape index (κ1) is 17.2. The molecule has 7 nitrogen and oxygen atoms in total. The van der Waals surface area contributed by atoms with Gasteiger partial charge in [-0.1, -0.05) is 6.08 Å². The summed E-state index contributed by atoms with van der Waals surface area (Å²) >= 11 is 0. The topological polar surface area (TPSA) is 75.5 Å². The average Bonchev–Trinajstić information content (AvgIpc) is 3.00. The fourth-order valence-corrected chi connectivity index (χ4v) is 5.79. The van der Waals surface area contributed by atoms with E-state index in [1.165, 1.54) is 6.92 Å². The van der Waals surface area contributed by atoms with Crippen LogP contribution in [-0.2, 0) is 27.7 Å². The molecular weight excluding hydrogens is 328 g/mol. The second-order valence-electron chi connectivity index (χ2n) is 6.62. The molecule has 1 amide bonds. The Bertz CT molecular complexity index is 755. The van der Waals surface area contributed by atoms with E-state index in [1.807, 2.05) is 17.8 Å². The average molecular weight is 352 g/mol. The van der Waals surface area contributed by atoms with Crippen molar-refractivity contribution in [2.75, 3.05) is 24.6 Å². The lowest BCUT2D eigenvalue weighted by Gasteiger charge is -2.43. The Morgan fingerprint density at radius 1 is 1.38 bits per heavy atom. The highest BCUT2D eigenvalue weighted by Gasteiger charge is 2.47. The van der Waals surface area contributed by atoms with E-state index in [1.54, 1.807) is 11.0 Å². The molecule has 0 N–H and O–H groups in total. The van der Waals surface area contributed by atoms with E-state index in [9.17, 15) is 13.2 Å². The Morgan fingerprint density at radius 2 is 2.08 bits per heavy atom. The molecule has 0 saturated carbocycles. The Labute approximate surface area is 142 Å². The Kier molecular flexibility index (Phi) is 4.52. The van der Waals surface area contributed by atoms with Crippen molar-refractivity contribution in [2.24, 2.45) is 0 Å². The molecule has 3 rings (SSSR count).